The number of benzene rings is 1. The maximum atomic E-state index is 5.81. The molecule has 0 unspecified atom stereocenters. The van der Waals surface area contributed by atoms with Crippen molar-refractivity contribution < 1.29 is 0 Å². The standard InChI is InChI=1S/C16H18N2/c1-11-8-16(18-10-15(11)17)14-7-3-6-13(9-14)12-4-2-5-12/h3,6-10,12H,2,4-5,17H2,1H3. The Morgan fingerprint density at radius 3 is 2.72 bits per heavy atom. The second-order valence-corrected chi connectivity index (χ2v) is 5.18. The van der Waals surface area contributed by atoms with Crippen LogP contribution in [-0.2, 0) is 0 Å². The van der Waals surface area contributed by atoms with Gasteiger partial charge in [0.25, 0.3) is 0 Å². The number of nitrogens with two attached hydrogens (primary N) is 1. The molecule has 0 aliphatic heterocycles. The summed E-state index contributed by atoms with van der Waals surface area (Å²) in [4.78, 5) is 4.43. The van der Waals surface area contributed by atoms with Crippen LogP contribution in [0.3, 0.4) is 0 Å². The number of anilines is 1. The van der Waals surface area contributed by atoms with E-state index in [1.165, 1.54) is 30.4 Å². The van der Waals surface area contributed by atoms with Crippen molar-refractivity contribution in [2.45, 2.75) is 32.1 Å². The van der Waals surface area contributed by atoms with Crippen LogP contribution in [0.2, 0.25) is 0 Å². The molecule has 0 bridgehead atoms. The smallest absolute Gasteiger partial charge is 0.0706 e. The van der Waals surface area contributed by atoms with Crippen LogP contribution in [-0.4, -0.2) is 4.98 Å². The maximum absolute atomic E-state index is 5.81. The largest absolute Gasteiger partial charge is 0.397 e. The third kappa shape index (κ3) is 1.99. The van der Waals surface area contributed by atoms with Gasteiger partial charge in [0.2, 0.25) is 0 Å². The summed E-state index contributed by atoms with van der Waals surface area (Å²) >= 11 is 0. The van der Waals surface area contributed by atoms with Gasteiger partial charge in [-0.25, -0.2) is 0 Å². The minimum absolute atomic E-state index is 0.758. The van der Waals surface area contributed by atoms with E-state index in [0.29, 0.717) is 0 Å². The predicted molar refractivity (Wildman–Crippen MR) is 75.4 cm³/mol. The average molecular weight is 238 g/mol. The van der Waals surface area contributed by atoms with Crippen LogP contribution < -0.4 is 5.73 Å². The molecule has 2 aromatic rings. The highest BCUT2D eigenvalue weighted by molar-refractivity contribution is 5.63. The molecule has 1 saturated carbocycles. The molecule has 0 atom stereocenters. The van der Waals surface area contributed by atoms with Crippen LogP contribution in [0.25, 0.3) is 11.3 Å². The van der Waals surface area contributed by atoms with E-state index in [1.807, 2.05) is 6.92 Å². The van der Waals surface area contributed by atoms with Crippen molar-refractivity contribution in [2.24, 2.45) is 0 Å². The van der Waals surface area contributed by atoms with Crippen LogP contribution in [0.15, 0.2) is 36.5 Å². The average Bonchev–Trinajstić information content (AvgIpc) is 2.31. The van der Waals surface area contributed by atoms with Crippen molar-refractivity contribution in [2.75, 3.05) is 5.73 Å². The summed E-state index contributed by atoms with van der Waals surface area (Å²) in [5.41, 5.74) is 11.3. The number of aromatic nitrogens is 1. The predicted octanol–water partition coefficient (Wildman–Crippen LogP) is 3.91. The zero-order valence-electron chi connectivity index (χ0n) is 10.7. The molecule has 1 aliphatic rings. The van der Waals surface area contributed by atoms with Crippen LogP contribution in [0, 0.1) is 6.92 Å². The van der Waals surface area contributed by atoms with E-state index in [2.05, 4.69) is 35.3 Å². The quantitative estimate of drug-likeness (QED) is 0.861. The van der Waals surface area contributed by atoms with Crippen molar-refractivity contribution in [1.29, 1.82) is 0 Å². The highest BCUT2D eigenvalue weighted by atomic mass is 14.7. The molecule has 2 nitrogen and oxygen atoms in total. The Kier molecular flexibility index (Phi) is 2.78. The minimum atomic E-state index is 0.758. The lowest BCUT2D eigenvalue weighted by molar-refractivity contribution is 0.420. The van der Waals surface area contributed by atoms with E-state index in [1.54, 1.807) is 6.20 Å². The number of hydrogen-bond donors (Lipinski definition) is 1. The summed E-state index contributed by atoms with van der Waals surface area (Å²) in [6.07, 6.45) is 5.78. The van der Waals surface area contributed by atoms with E-state index in [-0.39, 0.29) is 0 Å². The molecule has 0 amide bonds. The van der Waals surface area contributed by atoms with Gasteiger partial charge < -0.3 is 5.73 Å². The van der Waals surface area contributed by atoms with E-state index >= 15 is 0 Å². The molecule has 1 fully saturated rings. The van der Waals surface area contributed by atoms with Gasteiger partial charge in [-0.15, -0.1) is 0 Å². The zero-order valence-corrected chi connectivity index (χ0v) is 10.7. The summed E-state index contributed by atoms with van der Waals surface area (Å²) in [5.74, 6) is 0.764. The van der Waals surface area contributed by atoms with Crippen molar-refractivity contribution in [3.05, 3.63) is 47.7 Å². The number of aryl methyl sites for hydroxylation is 1. The van der Waals surface area contributed by atoms with Crippen molar-refractivity contribution in [3.63, 3.8) is 0 Å². The van der Waals surface area contributed by atoms with Crippen molar-refractivity contribution in [1.82, 2.24) is 4.98 Å². The fourth-order valence-electron chi connectivity index (χ4n) is 2.42. The van der Waals surface area contributed by atoms with Gasteiger partial charge >= 0.3 is 0 Å². The normalized spacial score (nSPS) is 15.4. The van der Waals surface area contributed by atoms with Gasteiger partial charge in [0.1, 0.15) is 0 Å². The van der Waals surface area contributed by atoms with Gasteiger partial charge in [-0.3, -0.25) is 4.98 Å². The summed E-state index contributed by atoms with van der Waals surface area (Å²) in [7, 11) is 0. The van der Waals surface area contributed by atoms with Crippen LogP contribution >= 0.6 is 0 Å². The second kappa shape index (κ2) is 4.45. The Balaban J connectivity index is 1.97. The molecule has 92 valence electrons. The summed E-state index contributed by atoms with van der Waals surface area (Å²) in [6.45, 7) is 2.02. The molecule has 2 N–H and O–H groups in total. The molecule has 1 aromatic carbocycles. The SMILES string of the molecule is Cc1cc(-c2cccc(C3CCC3)c2)ncc1N. The molecule has 3 rings (SSSR count). The van der Waals surface area contributed by atoms with Crippen molar-refractivity contribution in [3.8, 4) is 11.3 Å². The fraction of sp³-hybridized carbons (Fsp3) is 0.312. The lowest BCUT2D eigenvalue weighted by Crippen LogP contribution is -2.08. The van der Waals surface area contributed by atoms with Gasteiger partial charge in [0.05, 0.1) is 17.6 Å². The molecule has 0 saturated heterocycles. The first-order valence-electron chi connectivity index (χ1n) is 6.56. The Bertz CT molecular complexity index is 571. The first-order chi connectivity index (χ1) is 8.74. The summed E-state index contributed by atoms with van der Waals surface area (Å²) < 4.78 is 0. The Morgan fingerprint density at radius 1 is 1.22 bits per heavy atom. The summed E-state index contributed by atoms with van der Waals surface area (Å²) in [6, 6.07) is 10.8. The van der Waals surface area contributed by atoms with Crippen LogP contribution in [0.1, 0.15) is 36.3 Å². The molecular weight excluding hydrogens is 220 g/mol. The lowest BCUT2D eigenvalue weighted by Gasteiger charge is -2.26. The molecule has 1 aliphatic carbocycles. The van der Waals surface area contributed by atoms with Crippen molar-refractivity contribution >= 4 is 5.69 Å². The molecular formula is C16H18N2. The maximum Gasteiger partial charge on any atom is 0.0706 e. The Hall–Kier alpha value is -1.83. The van der Waals surface area contributed by atoms with Gasteiger partial charge in [-0.1, -0.05) is 24.6 Å². The molecule has 18 heavy (non-hydrogen) atoms. The van der Waals surface area contributed by atoms with E-state index in [0.717, 1.165) is 22.9 Å². The van der Waals surface area contributed by atoms with Gasteiger partial charge in [-0.2, -0.15) is 0 Å². The molecule has 0 radical (unpaired) electrons. The third-order valence-electron chi connectivity index (χ3n) is 3.91. The van der Waals surface area contributed by atoms with Gasteiger partial charge in [0, 0.05) is 5.56 Å². The number of nitrogen functional groups attached to an aromatic ring is 1. The van der Waals surface area contributed by atoms with Crippen LogP contribution in [0.4, 0.5) is 5.69 Å². The zero-order chi connectivity index (χ0) is 12.5. The first-order valence-corrected chi connectivity index (χ1v) is 6.56. The fourth-order valence-corrected chi connectivity index (χ4v) is 2.42. The Labute approximate surface area is 108 Å². The first kappa shape index (κ1) is 11.3. The van der Waals surface area contributed by atoms with E-state index < -0.39 is 0 Å². The number of rotatable bonds is 2. The Morgan fingerprint density at radius 2 is 2.06 bits per heavy atom. The number of nitrogens with zero attached hydrogens (tertiary/aromatic N) is 1. The second-order valence-electron chi connectivity index (χ2n) is 5.18. The highest BCUT2D eigenvalue weighted by Crippen LogP contribution is 2.37. The molecule has 1 heterocycles. The van der Waals surface area contributed by atoms with E-state index in [9.17, 15) is 0 Å². The minimum Gasteiger partial charge on any atom is -0.397 e. The van der Waals surface area contributed by atoms with E-state index in [4.69, 9.17) is 5.73 Å². The van der Waals surface area contributed by atoms with Gasteiger partial charge in [0.15, 0.2) is 0 Å². The molecule has 0 spiro atoms. The van der Waals surface area contributed by atoms with Gasteiger partial charge in [-0.05, 0) is 48.9 Å². The topological polar surface area (TPSA) is 38.9 Å². The monoisotopic (exact) mass is 238 g/mol. The lowest BCUT2D eigenvalue weighted by atomic mass is 9.79. The number of hydrogen-bond acceptors (Lipinski definition) is 2. The highest BCUT2D eigenvalue weighted by Gasteiger charge is 2.19. The molecule has 1 aromatic heterocycles. The summed E-state index contributed by atoms with van der Waals surface area (Å²) in [5, 5.41) is 0. The third-order valence-corrected chi connectivity index (χ3v) is 3.91. The molecule has 2 heteroatoms. The number of pyridine rings is 1. The van der Waals surface area contributed by atoms with Crippen LogP contribution in [0.5, 0.6) is 0 Å².